The highest BCUT2D eigenvalue weighted by molar-refractivity contribution is 6.30. The molecule has 0 saturated heterocycles. The Bertz CT molecular complexity index is 1710. The van der Waals surface area contributed by atoms with Gasteiger partial charge in [-0.05, 0) is 92.6 Å². The van der Waals surface area contributed by atoms with E-state index in [0.29, 0.717) is 0 Å². The summed E-state index contributed by atoms with van der Waals surface area (Å²) in [5, 5.41) is 0.761. The Hall–Kier alpha value is -3.61. The SMILES string of the molecule is Cc1ccc2c(c1)C1(c3cc(C)ccc3-2)c2cc(C(C)(C)C)ccc2-c2cccc(-c3ccc(Cl)cc3)c21. The maximum atomic E-state index is 6.34. The molecule has 5 aromatic carbocycles. The Morgan fingerprint density at radius 1 is 0.553 bits per heavy atom. The minimum Gasteiger partial charge on any atom is -0.0843 e. The molecule has 0 unspecified atom stereocenters. The molecule has 186 valence electrons. The second-order valence-electron chi connectivity index (χ2n) is 12.1. The molecule has 0 radical (unpaired) electrons. The third kappa shape index (κ3) is 3.10. The molecule has 1 heteroatoms. The first-order valence-electron chi connectivity index (χ1n) is 13.5. The van der Waals surface area contributed by atoms with Crippen molar-refractivity contribution in [2.75, 3.05) is 0 Å². The van der Waals surface area contributed by atoms with Crippen LogP contribution in [0.2, 0.25) is 5.02 Å². The topological polar surface area (TPSA) is 0 Å². The van der Waals surface area contributed by atoms with Crippen molar-refractivity contribution in [3.8, 4) is 33.4 Å². The van der Waals surface area contributed by atoms with E-state index in [2.05, 4.69) is 120 Å². The predicted molar refractivity (Wildman–Crippen MR) is 161 cm³/mol. The van der Waals surface area contributed by atoms with Crippen LogP contribution in [0.15, 0.2) is 97.1 Å². The van der Waals surface area contributed by atoms with E-state index in [9.17, 15) is 0 Å². The Morgan fingerprint density at radius 2 is 1.08 bits per heavy atom. The standard InChI is InChI=1S/C37H31Cl/c1-22-9-16-28-29-17-10-23(2)20-33(29)37(32(28)19-22)34-21-25(36(3,4)5)13-18-30(34)31-8-6-7-27(35(31)37)24-11-14-26(38)15-12-24/h6-21H,1-5H3. The van der Waals surface area contributed by atoms with Gasteiger partial charge in [0.05, 0.1) is 5.41 Å². The molecule has 0 atom stereocenters. The van der Waals surface area contributed by atoms with Crippen LogP contribution < -0.4 is 0 Å². The van der Waals surface area contributed by atoms with Gasteiger partial charge in [-0.3, -0.25) is 0 Å². The fourth-order valence-electron chi connectivity index (χ4n) is 6.85. The molecule has 0 nitrogen and oxygen atoms in total. The average Bonchev–Trinajstić information content (AvgIpc) is 3.34. The zero-order valence-electron chi connectivity index (χ0n) is 22.6. The minimum absolute atomic E-state index is 0.0491. The van der Waals surface area contributed by atoms with Crippen LogP contribution in [0.25, 0.3) is 33.4 Å². The Balaban J connectivity index is 1.70. The predicted octanol–water partition coefficient (Wildman–Crippen LogP) is 10.3. The lowest BCUT2D eigenvalue weighted by Crippen LogP contribution is -2.27. The van der Waals surface area contributed by atoms with Crippen molar-refractivity contribution >= 4 is 11.6 Å². The van der Waals surface area contributed by atoms with Crippen LogP contribution >= 0.6 is 11.6 Å². The molecule has 2 aliphatic rings. The summed E-state index contributed by atoms with van der Waals surface area (Å²) in [5.41, 5.74) is 17.0. The monoisotopic (exact) mass is 510 g/mol. The third-order valence-corrected chi connectivity index (χ3v) is 8.87. The van der Waals surface area contributed by atoms with E-state index in [0.717, 1.165) is 5.02 Å². The van der Waals surface area contributed by atoms with Gasteiger partial charge >= 0.3 is 0 Å². The van der Waals surface area contributed by atoms with Crippen molar-refractivity contribution < 1.29 is 0 Å². The highest BCUT2D eigenvalue weighted by Gasteiger charge is 2.53. The van der Waals surface area contributed by atoms with E-state index in [1.54, 1.807) is 0 Å². The van der Waals surface area contributed by atoms with Gasteiger partial charge in [0.1, 0.15) is 0 Å². The van der Waals surface area contributed by atoms with Crippen LogP contribution in [0.5, 0.6) is 0 Å². The van der Waals surface area contributed by atoms with E-state index < -0.39 is 0 Å². The smallest absolute Gasteiger partial charge is 0.0731 e. The van der Waals surface area contributed by atoms with Gasteiger partial charge in [-0.2, -0.15) is 0 Å². The third-order valence-electron chi connectivity index (χ3n) is 8.62. The van der Waals surface area contributed by atoms with Crippen LogP contribution in [0.1, 0.15) is 59.7 Å². The van der Waals surface area contributed by atoms with Crippen molar-refractivity contribution in [3.05, 3.63) is 141 Å². The molecular formula is C37H31Cl. The lowest BCUT2D eigenvalue weighted by atomic mass is 9.67. The first kappa shape index (κ1) is 23.5. The summed E-state index contributed by atoms with van der Waals surface area (Å²) in [6, 6.07) is 36.5. The Labute approximate surface area is 231 Å². The fraction of sp³-hybridized carbons (Fsp3) is 0.189. The highest BCUT2D eigenvalue weighted by atomic mass is 35.5. The largest absolute Gasteiger partial charge is 0.0843 e. The quantitative estimate of drug-likeness (QED) is 0.206. The van der Waals surface area contributed by atoms with Gasteiger partial charge in [0, 0.05) is 5.02 Å². The van der Waals surface area contributed by atoms with Crippen LogP contribution in [0.3, 0.4) is 0 Å². The van der Waals surface area contributed by atoms with Crippen molar-refractivity contribution in [2.45, 2.75) is 45.4 Å². The van der Waals surface area contributed by atoms with Gasteiger partial charge in [0.2, 0.25) is 0 Å². The normalized spacial score (nSPS) is 14.3. The first-order valence-corrected chi connectivity index (χ1v) is 13.8. The summed E-state index contributed by atoms with van der Waals surface area (Å²) in [7, 11) is 0. The van der Waals surface area contributed by atoms with Crippen LogP contribution in [-0.4, -0.2) is 0 Å². The molecule has 0 amide bonds. The van der Waals surface area contributed by atoms with Gasteiger partial charge in [0.15, 0.2) is 0 Å². The highest BCUT2D eigenvalue weighted by Crippen LogP contribution is 2.65. The molecule has 0 fully saturated rings. The van der Waals surface area contributed by atoms with Crippen LogP contribution in [-0.2, 0) is 10.8 Å². The van der Waals surface area contributed by atoms with Crippen molar-refractivity contribution in [1.82, 2.24) is 0 Å². The lowest BCUT2D eigenvalue weighted by molar-refractivity contribution is 0.588. The number of hydrogen-bond acceptors (Lipinski definition) is 0. The summed E-state index contributed by atoms with van der Waals surface area (Å²) >= 11 is 6.34. The minimum atomic E-state index is -0.384. The van der Waals surface area contributed by atoms with Crippen LogP contribution in [0.4, 0.5) is 0 Å². The second kappa shape index (κ2) is 7.95. The molecule has 0 aromatic heterocycles. The number of hydrogen-bond donors (Lipinski definition) is 0. The lowest BCUT2D eigenvalue weighted by Gasteiger charge is -2.33. The second-order valence-corrected chi connectivity index (χ2v) is 12.5. The molecule has 7 rings (SSSR count). The molecule has 5 aromatic rings. The maximum Gasteiger partial charge on any atom is 0.0731 e. The van der Waals surface area contributed by atoms with Gasteiger partial charge in [0.25, 0.3) is 0 Å². The maximum absolute atomic E-state index is 6.34. The zero-order chi connectivity index (χ0) is 26.4. The summed E-state index contributed by atoms with van der Waals surface area (Å²) in [4.78, 5) is 0. The zero-order valence-corrected chi connectivity index (χ0v) is 23.4. The van der Waals surface area contributed by atoms with Crippen molar-refractivity contribution in [3.63, 3.8) is 0 Å². The number of fused-ring (bicyclic) bond motifs is 10. The molecule has 0 bridgehead atoms. The van der Waals surface area contributed by atoms with Gasteiger partial charge in [-0.15, -0.1) is 0 Å². The number of benzene rings is 5. The van der Waals surface area contributed by atoms with Crippen molar-refractivity contribution in [1.29, 1.82) is 0 Å². The fourth-order valence-corrected chi connectivity index (χ4v) is 6.98. The number of aryl methyl sites for hydroxylation is 2. The molecular weight excluding hydrogens is 480 g/mol. The van der Waals surface area contributed by atoms with Crippen molar-refractivity contribution in [2.24, 2.45) is 0 Å². The van der Waals surface area contributed by atoms with E-state index in [-0.39, 0.29) is 10.8 Å². The summed E-state index contributed by atoms with van der Waals surface area (Å²) in [5.74, 6) is 0. The number of rotatable bonds is 1. The van der Waals surface area contributed by atoms with E-state index >= 15 is 0 Å². The number of halogens is 1. The molecule has 0 heterocycles. The van der Waals surface area contributed by atoms with Gasteiger partial charge in [-0.1, -0.05) is 128 Å². The average molecular weight is 511 g/mol. The molecule has 2 aliphatic carbocycles. The molecule has 0 aliphatic heterocycles. The van der Waals surface area contributed by atoms with E-state index in [1.807, 2.05) is 12.1 Å². The molecule has 0 saturated carbocycles. The molecule has 0 N–H and O–H groups in total. The van der Waals surface area contributed by atoms with E-state index in [1.165, 1.54) is 72.3 Å². The van der Waals surface area contributed by atoms with Crippen LogP contribution in [0, 0.1) is 13.8 Å². The Kier molecular flexibility index (Phi) is 4.92. The summed E-state index contributed by atoms with van der Waals surface area (Å²) in [6.45, 7) is 11.4. The van der Waals surface area contributed by atoms with Gasteiger partial charge in [-0.25, -0.2) is 0 Å². The van der Waals surface area contributed by atoms with Gasteiger partial charge < -0.3 is 0 Å². The Morgan fingerprint density at radius 3 is 1.68 bits per heavy atom. The molecule has 38 heavy (non-hydrogen) atoms. The van der Waals surface area contributed by atoms with E-state index in [4.69, 9.17) is 11.6 Å². The molecule has 1 spiro atoms. The summed E-state index contributed by atoms with van der Waals surface area (Å²) in [6.07, 6.45) is 0. The first-order chi connectivity index (χ1) is 18.2. The summed E-state index contributed by atoms with van der Waals surface area (Å²) < 4.78 is 0.